The molecular formula is C51H78N2. The van der Waals surface area contributed by atoms with Gasteiger partial charge in [0, 0.05) is 18.2 Å². The number of fused-ring (bicyclic) bond motifs is 2. The van der Waals surface area contributed by atoms with Crippen LogP contribution in [-0.4, -0.2) is 18.8 Å². The fourth-order valence-corrected chi connectivity index (χ4v) is 12.8. The molecule has 13 atom stereocenters. The second-order valence-electron chi connectivity index (χ2n) is 19.6. The highest BCUT2D eigenvalue weighted by Gasteiger charge is 2.45. The minimum Gasteiger partial charge on any atom is -0.385 e. The molecule has 0 amide bonds. The molecule has 7 aliphatic rings. The molecule has 2 heteroatoms. The standard InChI is InChI=1S/C51H78N2/c1-5-51(4,33-13-15-38(3)50-22-14-34-52-50)44(36-53-45-30-28-40-18-9-10-19-43(40)35-45)29-23-37(2)46-31-32-47(49-21-12-11-20-48(46)49)42-26-24-41(25-27-42)39-16-7-6-8-17-39/h6-7,10,13,19,24,28,30,33-35,37-40,42-44,46-50,53H,5,8-9,11-12,14-18,20-23,25-27,29,31-32,36H2,1-4H3/b33-13-/t37?,38?,39?,40?,42?,43-,44?,46?,47?,48?,49?,50?,51?/m0/s1. The SMILES string of the molecule is CCC(C)(/C=C\CC(C)C1CCC=N1)C(CCC(C)C1CCC(C2CC=C(C3CC=CCC3)CC2)C2CCCCC12)CNC1=C[C@@H]2C=CCCC2C=C1. The van der Waals surface area contributed by atoms with Crippen molar-refractivity contribution in [3.8, 4) is 0 Å². The predicted octanol–water partition coefficient (Wildman–Crippen LogP) is 13.8. The molecular weight excluding hydrogens is 641 g/mol. The summed E-state index contributed by atoms with van der Waals surface area (Å²) in [4.78, 5) is 4.80. The number of hydrogen-bond donors (Lipinski definition) is 1. The van der Waals surface area contributed by atoms with Gasteiger partial charge in [0.25, 0.3) is 0 Å². The third-order valence-electron chi connectivity index (χ3n) is 16.6. The average Bonchev–Trinajstić information content (AvgIpc) is 3.76. The first-order valence-corrected chi connectivity index (χ1v) is 23.3. The average molecular weight is 719 g/mol. The lowest BCUT2D eigenvalue weighted by atomic mass is 9.54. The summed E-state index contributed by atoms with van der Waals surface area (Å²) < 4.78 is 0. The highest BCUT2D eigenvalue weighted by molar-refractivity contribution is 5.59. The Balaban J connectivity index is 1.000. The van der Waals surface area contributed by atoms with Gasteiger partial charge in [-0.2, -0.15) is 0 Å². The van der Waals surface area contributed by atoms with Crippen molar-refractivity contribution in [2.75, 3.05) is 6.54 Å². The Morgan fingerprint density at radius 3 is 2.49 bits per heavy atom. The Kier molecular flexibility index (Phi) is 13.8. The Bertz CT molecular complexity index is 1390. The fourth-order valence-electron chi connectivity index (χ4n) is 12.8. The van der Waals surface area contributed by atoms with E-state index in [4.69, 9.17) is 4.99 Å². The van der Waals surface area contributed by atoms with Crippen molar-refractivity contribution in [2.45, 2.75) is 162 Å². The quantitative estimate of drug-likeness (QED) is 0.168. The first-order valence-electron chi connectivity index (χ1n) is 23.3. The van der Waals surface area contributed by atoms with Crippen LogP contribution in [0, 0.1) is 70.5 Å². The zero-order chi connectivity index (χ0) is 36.6. The summed E-state index contributed by atoms with van der Waals surface area (Å²) in [5.41, 5.74) is 3.38. The van der Waals surface area contributed by atoms with Crippen molar-refractivity contribution < 1.29 is 0 Å². The van der Waals surface area contributed by atoms with Crippen LogP contribution in [0.3, 0.4) is 0 Å². The summed E-state index contributed by atoms with van der Waals surface area (Å²) in [6.07, 6.45) is 54.6. The molecule has 2 fully saturated rings. The third-order valence-corrected chi connectivity index (χ3v) is 16.6. The second-order valence-corrected chi connectivity index (χ2v) is 19.6. The largest absolute Gasteiger partial charge is 0.385 e. The van der Waals surface area contributed by atoms with E-state index in [0.717, 1.165) is 54.4 Å². The zero-order valence-electron chi connectivity index (χ0n) is 34.6. The summed E-state index contributed by atoms with van der Waals surface area (Å²) in [6, 6.07) is 0.526. The Hall–Kier alpha value is -2.09. The normalized spacial score (nSPS) is 36.9. The molecule has 2 nitrogen and oxygen atoms in total. The van der Waals surface area contributed by atoms with Crippen molar-refractivity contribution in [2.24, 2.45) is 75.5 Å². The van der Waals surface area contributed by atoms with E-state index in [-0.39, 0.29) is 5.41 Å². The van der Waals surface area contributed by atoms with Crippen LogP contribution in [0.25, 0.3) is 0 Å². The third kappa shape index (κ3) is 9.66. The van der Waals surface area contributed by atoms with Gasteiger partial charge >= 0.3 is 0 Å². The van der Waals surface area contributed by atoms with E-state index in [1.165, 1.54) is 128 Å². The van der Waals surface area contributed by atoms with E-state index in [0.29, 0.717) is 29.7 Å². The zero-order valence-corrected chi connectivity index (χ0v) is 34.6. The Morgan fingerprint density at radius 1 is 0.849 bits per heavy atom. The fraction of sp³-hybridized carbons (Fsp3) is 0.745. The van der Waals surface area contributed by atoms with Crippen molar-refractivity contribution in [1.29, 1.82) is 0 Å². The maximum atomic E-state index is 4.80. The maximum Gasteiger partial charge on any atom is 0.0527 e. The summed E-state index contributed by atoms with van der Waals surface area (Å²) in [6.45, 7) is 11.2. The summed E-state index contributed by atoms with van der Waals surface area (Å²) in [5, 5.41) is 4.03. The van der Waals surface area contributed by atoms with Gasteiger partial charge in [0.2, 0.25) is 0 Å². The van der Waals surface area contributed by atoms with Crippen LogP contribution in [-0.2, 0) is 0 Å². The van der Waals surface area contributed by atoms with Gasteiger partial charge in [-0.25, -0.2) is 0 Å². The molecule has 6 aliphatic carbocycles. The van der Waals surface area contributed by atoms with Gasteiger partial charge in [0.15, 0.2) is 0 Å². The van der Waals surface area contributed by atoms with Gasteiger partial charge in [-0.05, 0) is 186 Å². The van der Waals surface area contributed by atoms with Crippen LogP contribution in [0.2, 0.25) is 0 Å². The highest BCUT2D eigenvalue weighted by Crippen LogP contribution is 2.54. The molecule has 53 heavy (non-hydrogen) atoms. The van der Waals surface area contributed by atoms with Crippen molar-refractivity contribution in [3.05, 3.63) is 72.0 Å². The lowest BCUT2D eigenvalue weighted by Gasteiger charge is -2.51. The summed E-state index contributed by atoms with van der Waals surface area (Å²) in [5.74, 6) is 9.08. The van der Waals surface area contributed by atoms with E-state index in [9.17, 15) is 0 Å². The Labute approximate surface area is 326 Å². The molecule has 0 radical (unpaired) electrons. The first kappa shape index (κ1) is 39.2. The summed E-state index contributed by atoms with van der Waals surface area (Å²) >= 11 is 0. The smallest absolute Gasteiger partial charge is 0.0527 e. The molecule has 0 aromatic rings. The van der Waals surface area contributed by atoms with Gasteiger partial charge in [0.1, 0.15) is 0 Å². The molecule has 0 saturated heterocycles. The number of nitrogens with one attached hydrogen (secondary N) is 1. The van der Waals surface area contributed by atoms with Crippen LogP contribution in [0.1, 0.15) is 156 Å². The number of allylic oxidation sites excluding steroid dienone is 11. The predicted molar refractivity (Wildman–Crippen MR) is 229 cm³/mol. The van der Waals surface area contributed by atoms with Crippen molar-refractivity contribution in [3.63, 3.8) is 0 Å². The highest BCUT2D eigenvalue weighted by atomic mass is 14.9. The molecule has 12 unspecified atom stereocenters. The van der Waals surface area contributed by atoms with E-state index in [1.807, 2.05) is 5.57 Å². The second kappa shape index (κ2) is 18.7. The van der Waals surface area contributed by atoms with Gasteiger partial charge in [-0.1, -0.05) is 107 Å². The number of aliphatic imine (C=N–C) groups is 1. The minimum absolute atomic E-state index is 0.198. The molecule has 0 spiro atoms. The molecule has 292 valence electrons. The molecule has 2 saturated carbocycles. The van der Waals surface area contributed by atoms with Crippen LogP contribution in [0.4, 0.5) is 0 Å². The molecule has 7 rings (SSSR count). The van der Waals surface area contributed by atoms with Crippen LogP contribution < -0.4 is 5.32 Å². The van der Waals surface area contributed by atoms with E-state index in [1.54, 1.807) is 0 Å². The van der Waals surface area contributed by atoms with Crippen molar-refractivity contribution >= 4 is 6.21 Å². The van der Waals surface area contributed by atoms with Gasteiger partial charge in [-0.15, -0.1) is 0 Å². The monoisotopic (exact) mass is 719 g/mol. The number of rotatable bonds is 15. The number of hydrogen-bond acceptors (Lipinski definition) is 2. The molecule has 0 aromatic heterocycles. The molecule has 0 bridgehead atoms. The lowest BCUT2D eigenvalue weighted by Crippen LogP contribution is -2.42. The maximum absolute atomic E-state index is 4.80. The van der Waals surface area contributed by atoms with E-state index in [2.05, 4.69) is 100.0 Å². The molecule has 1 heterocycles. The van der Waals surface area contributed by atoms with Crippen LogP contribution in [0.15, 0.2) is 77.0 Å². The van der Waals surface area contributed by atoms with Gasteiger partial charge in [0.05, 0.1) is 6.04 Å². The molecule has 0 aromatic carbocycles. The lowest BCUT2D eigenvalue weighted by molar-refractivity contribution is -0.00589. The number of nitrogens with zero attached hydrogens (tertiary/aromatic N) is 1. The van der Waals surface area contributed by atoms with E-state index < -0.39 is 0 Å². The van der Waals surface area contributed by atoms with Gasteiger partial charge < -0.3 is 5.32 Å². The topological polar surface area (TPSA) is 24.4 Å². The first-order chi connectivity index (χ1) is 25.9. The Morgan fingerprint density at radius 2 is 1.72 bits per heavy atom. The molecule has 1 N–H and O–H groups in total. The minimum atomic E-state index is 0.198. The van der Waals surface area contributed by atoms with Crippen molar-refractivity contribution in [1.82, 2.24) is 5.32 Å². The van der Waals surface area contributed by atoms with Gasteiger partial charge in [-0.3, -0.25) is 4.99 Å². The summed E-state index contributed by atoms with van der Waals surface area (Å²) in [7, 11) is 0. The van der Waals surface area contributed by atoms with Crippen LogP contribution >= 0.6 is 0 Å². The molecule has 1 aliphatic heterocycles. The van der Waals surface area contributed by atoms with E-state index >= 15 is 0 Å². The van der Waals surface area contributed by atoms with Crippen LogP contribution in [0.5, 0.6) is 0 Å².